The Kier molecular flexibility index (Phi) is 1.62. The minimum atomic E-state index is -0.440. The first-order valence-corrected chi connectivity index (χ1v) is 5.90. The SMILES string of the molecule is O=C1C[C@H]2CCC[C@]23C=C(Br)[C@H]1C3=O. The van der Waals surface area contributed by atoms with Crippen LogP contribution in [0.3, 0.4) is 0 Å². The van der Waals surface area contributed by atoms with Gasteiger partial charge < -0.3 is 0 Å². The molecule has 1 spiro atoms. The quantitative estimate of drug-likeness (QED) is 0.622. The van der Waals surface area contributed by atoms with Gasteiger partial charge in [0.05, 0.1) is 5.41 Å². The highest BCUT2D eigenvalue weighted by Gasteiger charge is 2.59. The Morgan fingerprint density at radius 2 is 2.21 bits per heavy atom. The fourth-order valence-corrected chi connectivity index (χ4v) is 4.23. The van der Waals surface area contributed by atoms with E-state index in [0.717, 1.165) is 23.7 Å². The van der Waals surface area contributed by atoms with Gasteiger partial charge in [0.2, 0.25) is 0 Å². The standard InChI is InChI=1S/C11H11BrO2/c12-7-5-11-3-1-2-6(11)4-8(13)9(7)10(11)14/h5-6,9H,1-4H2/t6-,9-,11+/m1/s1. The van der Waals surface area contributed by atoms with Crippen LogP contribution in [0.1, 0.15) is 25.7 Å². The highest BCUT2D eigenvalue weighted by Crippen LogP contribution is 2.58. The van der Waals surface area contributed by atoms with E-state index >= 15 is 0 Å². The summed E-state index contributed by atoms with van der Waals surface area (Å²) in [5.41, 5.74) is -0.253. The van der Waals surface area contributed by atoms with E-state index in [2.05, 4.69) is 15.9 Å². The zero-order valence-electron chi connectivity index (χ0n) is 7.75. The van der Waals surface area contributed by atoms with Crippen molar-refractivity contribution in [1.29, 1.82) is 0 Å². The summed E-state index contributed by atoms with van der Waals surface area (Å²) >= 11 is 3.38. The second kappa shape index (κ2) is 2.57. The van der Waals surface area contributed by atoms with E-state index in [1.165, 1.54) is 0 Å². The van der Waals surface area contributed by atoms with Crippen LogP contribution in [-0.4, -0.2) is 11.6 Å². The van der Waals surface area contributed by atoms with E-state index in [-0.39, 0.29) is 17.0 Å². The van der Waals surface area contributed by atoms with Crippen molar-refractivity contribution in [3.63, 3.8) is 0 Å². The van der Waals surface area contributed by atoms with Crippen LogP contribution in [0.2, 0.25) is 0 Å². The number of hydrogen-bond acceptors (Lipinski definition) is 2. The first kappa shape index (κ1) is 8.84. The maximum atomic E-state index is 12.1. The molecule has 2 bridgehead atoms. The van der Waals surface area contributed by atoms with Crippen LogP contribution in [0.5, 0.6) is 0 Å². The molecule has 2 fully saturated rings. The fraction of sp³-hybridized carbons (Fsp3) is 0.636. The van der Waals surface area contributed by atoms with Crippen LogP contribution in [0.15, 0.2) is 10.6 Å². The van der Waals surface area contributed by atoms with Crippen LogP contribution in [0, 0.1) is 17.3 Å². The molecule has 3 atom stereocenters. The summed E-state index contributed by atoms with van der Waals surface area (Å²) in [5, 5.41) is 0. The van der Waals surface area contributed by atoms with Gasteiger partial charge in [-0.15, -0.1) is 0 Å². The first-order valence-electron chi connectivity index (χ1n) is 5.10. The number of halogens is 1. The number of carbonyl (C=O) groups excluding carboxylic acids is 2. The molecule has 0 aliphatic heterocycles. The largest absolute Gasteiger partial charge is 0.298 e. The average Bonchev–Trinajstić information content (AvgIpc) is 2.56. The summed E-state index contributed by atoms with van der Waals surface area (Å²) in [7, 11) is 0. The molecule has 0 aromatic carbocycles. The van der Waals surface area contributed by atoms with E-state index in [1.54, 1.807) is 0 Å². The number of Topliss-reactive ketones (excluding diaryl/α,β-unsaturated/α-hetero) is 2. The zero-order chi connectivity index (χ0) is 9.92. The van der Waals surface area contributed by atoms with Crippen LogP contribution < -0.4 is 0 Å². The molecule has 3 aliphatic rings. The number of ketones is 2. The topological polar surface area (TPSA) is 34.1 Å². The Morgan fingerprint density at radius 3 is 3.00 bits per heavy atom. The third-order valence-corrected chi connectivity index (χ3v) is 4.72. The van der Waals surface area contributed by atoms with Crippen LogP contribution in [0.4, 0.5) is 0 Å². The zero-order valence-corrected chi connectivity index (χ0v) is 9.34. The first-order chi connectivity index (χ1) is 6.65. The Balaban J connectivity index is 2.17. The molecule has 0 aromatic rings. The van der Waals surface area contributed by atoms with Gasteiger partial charge >= 0.3 is 0 Å². The van der Waals surface area contributed by atoms with Crippen molar-refractivity contribution in [1.82, 2.24) is 0 Å². The number of fused-ring (bicyclic) bond motifs is 1. The number of hydrogen-bond donors (Lipinski definition) is 0. The molecule has 2 nitrogen and oxygen atoms in total. The van der Waals surface area contributed by atoms with Gasteiger partial charge in [-0.3, -0.25) is 9.59 Å². The minimum Gasteiger partial charge on any atom is -0.298 e. The smallest absolute Gasteiger partial charge is 0.158 e. The normalized spacial score (nSPS) is 45.4. The maximum Gasteiger partial charge on any atom is 0.158 e. The van der Waals surface area contributed by atoms with Crippen molar-refractivity contribution in [2.45, 2.75) is 25.7 Å². The van der Waals surface area contributed by atoms with Gasteiger partial charge in [-0.1, -0.05) is 28.4 Å². The summed E-state index contributed by atoms with van der Waals surface area (Å²) < 4.78 is 0.830. The van der Waals surface area contributed by atoms with Crippen molar-refractivity contribution >= 4 is 27.5 Å². The van der Waals surface area contributed by atoms with Crippen LogP contribution >= 0.6 is 15.9 Å². The van der Waals surface area contributed by atoms with E-state index in [0.29, 0.717) is 12.3 Å². The molecule has 0 aromatic heterocycles. The molecule has 3 heteroatoms. The lowest BCUT2D eigenvalue weighted by atomic mass is 9.68. The molecular formula is C11H11BrO2. The highest BCUT2D eigenvalue weighted by atomic mass is 79.9. The molecule has 0 heterocycles. The molecule has 2 saturated carbocycles. The van der Waals surface area contributed by atoms with Gasteiger partial charge in [0.25, 0.3) is 0 Å². The molecule has 14 heavy (non-hydrogen) atoms. The summed E-state index contributed by atoms with van der Waals surface area (Å²) in [6.07, 6.45) is 5.73. The molecule has 74 valence electrons. The highest BCUT2D eigenvalue weighted by molar-refractivity contribution is 9.11. The van der Waals surface area contributed by atoms with E-state index < -0.39 is 5.92 Å². The van der Waals surface area contributed by atoms with E-state index in [9.17, 15) is 9.59 Å². The number of allylic oxidation sites excluding steroid dienone is 2. The number of rotatable bonds is 0. The molecule has 0 radical (unpaired) electrons. The van der Waals surface area contributed by atoms with Gasteiger partial charge in [-0.2, -0.15) is 0 Å². The van der Waals surface area contributed by atoms with Crippen molar-refractivity contribution in [3.8, 4) is 0 Å². The van der Waals surface area contributed by atoms with Crippen molar-refractivity contribution < 1.29 is 9.59 Å². The third-order valence-electron chi connectivity index (χ3n) is 4.03. The lowest BCUT2D eigenvalue weighted by molar-refractivity contribution is -0.140. The van der Waals surface area contributed by atoms with Gasteiger partial charge in [-0.25, -0.2) is 0 Å². The monoisotopic (exact) mass is 254 g/mol. The Morgan fingerprint density at radius 1 is 1.43 bits per heavy atom. The average molecular weight is 255 g/mol. The lowest BCUT2D eigenvalue weighted by Gasteiger charge is -2.32. The van der Waals surface area contributed by atoms with Gasteiger partial charge in [0, 0.05) is 10.9 Å². The Bertz CT molecular complexity index is 371. The second-order valence-electron chi connectivity index (χ2n) is 4.63. The lowest BCUT2D eigenvalue weighted by Crippen LogP contribution is -2.42. The molecule has 3 aliphatic carbocycles. The number of carbonyl (C=O) groups is 2. The second-order valence-corrected chi connectivity index (χ2v) is 5.54. The van der Waals surface area contributed by atoms with Crippen LogP contribution in [0.25, 0.3) is 0 Å². The summed E-state index contributed by atoms with van der Waals surface area (Å²) in [4.78, 5) is 23.8. The predicted octanol–water partition coefficient (Wildman–Crippen LogP) is 2.22. The maximum absolute atomic E-state index is 12.1. The molecular weight excluding hydrogens is 244 g/mol. The van der Waals surface area contributed by atoms with Gasteiger partial charge in [-0.05, 0) is 18.8 Å². The minimum absolute atomic E-state index is 0.123. The summed E-state index contributed by atoms with van der Waals surface area (Å²) in [6.45, 7) is 0. The molecule has 0 unspecified atom stereocenters. The summed E-state index contributed by atoms with van der Waals surface area (Å²) in [6, 6.07) is 0. The summed E-state index contributed by atoms with van der Waals surface area (Å²) in [5.74, 6) is 0.152. The van der Waals surface area contributed by atoms with E-state index in [4.69, 9.17) is 0 Å². The Labute approximate surface area is 90.9 Å². The third kappa shape index (κ3) is 0.824. The molecule has 0 N–H and O–H groups in total. The van der Waals surface area contributed by atoms with Gasteiger partial charge in [0.1, 0.15) is 11.7 Å². The van der Waals surface area contributed by atoms with Crippen molar-refractivity contribution in [2.24, 2.45) is 17.3 Å². The Hall–Kier alpha value is -0.440. The van der Waals surface area contributed by atoms with Crippen molar-refractivity contribution in [3.05, 3.63) is 10.6 Å². The molecule has 0 amide bonds. The molecule has 3 rings (SSSR count). The van der Waals surface area contributed by atoms with E-state index in [1.807, 2.05) is 6.08 Å². The van der Waals surface area contributed by atoms with Crippen molar-refractivity contribution in [2.75, 3.05) is 0 Å². The predicted molar refractivity (Wildman–Crippen MR) is 54.9 cm³/mol. The fourth-order valence-electron chi connectivity index (χ4n) is 3.36. The molecule has 0 saturated heterocycles. The van der Waals surface area contributed by atoms with Crippen LogP contribution in [-0.2, 0) is 9.59 Å². The van der Waals surface area contributed by atoms with Gasteiger partial charge in [0.15, 0.2) is 5.78 Å².